The summed E-state index contributed by atoms with van der Waals surface area (Å²) in [7, 11) is 1.64. The fraction of sp³-hybridized carbons (Fsp3) is 0.833. The zero-order chi connectivity index (χ0) is 13.5. The van der Waals surface area contributed by atoms with Gasteiger partial charge in [-0.05, 0) is 18.8 Å². The van der Waals surface area contributed by atoms with Crippen LogP contribution in [0.3, 0.4) is 0 Å². The average molecular weight is 257 g/mol. The summed E-state index contributed by atoms with van der Waals surface area (Å²) >= 11 is 0. The van der Waals surface area contributed by atoms with Gasteiger partial charge in [0, 0.05) is 39.1 Å². The van der Waals surface area contributed by atoms with Crippen LogP contribution in [0.5, 0.6) is 0 Å². The third-order valence-electron chi connectivity index (χ3n) is 3.28. The third-order valence-corrected chi connectivity index (χ3v) is 3.28. The summed E-state index contributed by atoms with van der Waals surface area (Å²) in [5, 5.41) is 11.7. The third kappa shape index (κ3) is 4.18. The summed E-state index contributed by atoms with van der Waals surface area (Å²) < 4.78 is 5.03. The van der Waals surface area contributed by atoms with Crippen LogP contribution >= 0.6 is 0 Å². The van der Waals surface area contributed by atoms with Gasteiger partial charge in [-0.1, -0.05) is 12.1 Å². The topological polar surface area (TPSA) is 88.2 Å². The molecule has 1 fully saturated rings. The number of hydrogen-bond donors (Lipinski definition) is 2. The number of likely N-dealkylation sites (tertiary alicyclic amines) is 1. The van der Waals surface area contributed by atoms with E-state index >= 15 is 0 Å². The molecule has 1 rings (SSSR count). The zero-order valence-electron chi connectivity index (χ0n) is 11.1. The summed E-state index contributed by atoms with van der Waals surface area (Å²) in [6, 6.07) is 0. The molecular formula is C12H23N3O3. The molecule has 1 saturated heterocycles. The maximum atomic E-state index is 12.1. The molecule has 0 aromatic carbocycles. The van der Waals surface area contributed by atoms with Crippen LogP contribution in [0.15, 0.2) is 5.16 Å². The number of methoxy groups -OCH3 is 1. The van der Waals surface area contributed by atoms with Crippen molar-refractivity contribution >= 4 is 11.7 Å². The number of piperidine rings is 1. The Morgan fingerprint density at radius 1 is 1.67 bits per heavy atom. The van der Waals surface area contributed by atoms with E-state index in [0.717, 1.165) is 19.4 Å². The summed E-state index contributed by atoms with van der Waals surface area (Å²) in [6.45, 7) is 3.89. The van der Waals surface area contributed by atoms with E-state index in [2.05, 4.69) is 5.16 Å². The average Bonchev–Trinajstić information content (AvgIpc) is 2.38. The van der Waals surface area contributed by atoms with Gasteiger partial charge in [0.25, 0.3) is 0 Å². The molecule has 18 heavy (non-hydrogen) atoms. The van der Waals surface area contributed by atoms with Gasteiger partial charge in [-0.3, -0.25) is 4.79 Å². The Morgan fingerprint density at radius 3 is 3.00 bits per heavy atom. The van der Waals surface area contributed by atoms with E-state index in [1.165, 1.54) is 0 Å². The molecule has 0 aromatic heterocycles. The minimum absolute atomic E-state index is 0.0227. The fourth-order valence-corrected chi connectivity index (χ4v) is 2.30. The highest BCUT2D eigenvalue weighted by atomic mass is 16.5. The van der Waals surface area contributed by atoms with E-state index in [1.807, 2.05) is 6.92 Å². The van der Waals surface area contributed by atoms with Gasteiger partial charge in [-0.2, -0.15) is 0 Å². The molecule has 0 aromatic rings. The highest BCUT2D eigenvalue weighted by Gasteiger charge is 2.26. The highest BCUT2D eigenvalue weighted by Crippen LogP contribution is 2.18. The molecule has 3 N–H and O–H groups in total. The quantitative estimate of drug-likeness (QED) is 0.327. The predicted molar refractivity (Wildman–Crippen MR) is 68.4 cm³/mol. The van der Waals surface area contributed by atoms with Gasteiger partial charge in [0.05, 0.1) is 0 Å². The second-order valence-electron chi connectivity index (χ2n) is 4.97. The predicted octanol–water partition coefficient (Wildman–Crippen LogP) is 0.644. The Kier molecular flexibility index (Phi) is 5.91. The number of oxime groups is 1. The molecule has 1 amide bonds. The van der Waals surface area contributed by atoms with Crippen LogP contribution in [0.1, 0.15) is 26.2 Å². The summed E-state index contributed by atoms with van der Waals surface area (Å²) in [5.74, 6) is 0.532. The first-order valence-electron chi connectivity index (χ1n) is 6.32. The number of amidine groups is 1. The number of carbonyl (C=O) groups excluding carboxylic acids is 1. The molecule has 6 heteroatoms. The molecule has 0 spiro atoms. The lowest BCUT2D eigenvalue weighted by Gasteiger charge is -2.32. The molecule has 104 valence electrons. The first kappa shape index (κ1) is 14.8. The van der Waals surface area contributed by atoms with Crippen LogP contribution in [-0.4, -0.2) is 48.7 Å². The number of rotatable bonds is 5. The minimum Gasteiger partial charge on any atom is -0.409 e. The van der Waals surface area contributed by atoms with Gasteiger partial charge in [0.15, 0.2) is 0 Å². The van der Waals surface area contributed by atoms with Crippen LogP contribution in [0.25, 0.3) is 0 Å². The molecule has 0 bridgehead atoms. The lowest BCUT2D eigenvalue weighted by Crippen LogP contribution is -2.44. The second-order valence-corrected chi connectivity index (χ2v) is 4.97. The molecule has 2 atom stereocenters. The number of nitrogens with zero attached hydrogens (tertiary/aromatic N) is 2. The summed E-state index contributed by atoms with van der Waals surface area (Å²) in [5.41, 5.74) is 5.60. The van der Waals surface area contributed by atoms with Crippen molar-refractivity contribution in [1.29, 1.82) is 0 Å². The van der Waals surface area contributed by atoms with Crippen molar-refractivity contribution < 1.29 is 14.7 Å². The summed E-state index contributed by atoms with van der Waals surface area (Å²) in [6.07, 6.45) is 2.25. The molecule has 0 aliphatic carbocycles. The van der Waals surface area contributed by atoms with Gasteiger partial charge in [0.2, 0.25) is 5.91 Å². The SMILES string of the molecule is COCC(C)CC(=O)N1CCCC(C(N)=NO)C1. The van der Waals surface area contributed by atoms with E-state index in [1.54, 1.807) is 12.0 Å². The van der Waals surface area contributed by atoms with Gasteiger partial charge in [0.1, 0.15) is 5.84 Å². The maximum absolute atomic E-state index is 12.1. The van der Waals surface area contributed by atoms with Crippen molar-refractivity contribution in [2.45, 2.75) is 26.2 Å². The molecule has 0 radical (unpaired) electrons. The maximum Gasteiger partial charge on any atom is 0.222 e. The lowest BCUT2D eigenvalue weighted by molar-refractivity contribution is -0.133. The van der Waals surface area contributed by atoms with Crippen LogP contribution < -0.4 is 5.73 Å². The smallest absolute Gasteiger partial charge is 0.222 e. The van der Waals surface area contributed by atoms with Crippen LogP contribution in [0.2, 0.25) is 0 Å². The number of carbonyl (C=O) groups is 1. The van der Waals surface area contributed by atoms with Gasteiger partial charge in [-0.15, -0.1) is 0 Å². The van der Waals surface area contributed by atoms with E-state index < -0.39 is 0 Å². The van der Waals surface area contributed by atoms with E-state index in [0.29, 0.717) is 19.6 Å². The minimum atomic E-state index is -0.0227. The van der Waals surface area contributed by atoms with E-state index in [9.17, 15) is 4.79 Å². The molecule has 1 aliphatic heterocycles. The molecule has 1 aliphatic rings. The Labute approximate surface area is 108 Å². The van der Waals surface area contributed by atoms with Crippen LogP contribution in [-0.2, 0) is 9.53 Å². The number of ether oxygens (including phenoxy) is 1. The van der Waals surface area contributed by atoms with Crippen molar-refractivity contribution in [3.63, 3.8) is 0 Å². The van der Waals surface area contributed by atoms with Crippen LogP contribution in [0.4, 0.5) is 0 Å². The van der Waals surface area contributed by atoms with E-state index in [-0.39, 0.29) is 23.6 Å². The Morgan fingerprint density at radius 2 is 2.39 bits per heavy atom. The van der Waals surface area contributed by atoms with Gasteiger partial charge >= 0.3 is 0 Å². The largest absolute Gasteiger partial charge is 0.409 e. The first-order chi connectivity index (χ1) is 8.58. The van der Waals surface area contributed by atoms with Crippen molar-refractivity contribution in [2.24, 2.45) is 22.7 Å². The zero-order valence-corrected chi connectivity index (χ0v) is 11.1. The number of amides is 1. The van der Waals surface area contributed by atoms with E-state index in [4.69, 9.17) is 15.7 Å². The Bertz CT molecular complexity index is 307. The van der Waals surface area contributed by atoms with Gasteiger partial charge < -0.3 is 20.6 Å². The Hall–Kier alpha value is -1.30. The van der Waals surface area contributed by atoms with Crippen molar-refractivity contribution in [3.8, 4) is 0 Å². The molecular weight excluding hydrogens is 234 g/mol. The molecule has 0 saturated carbocycles. The van der Waals surface area contributed by atoms with Gasteiger partial charge in [-0.25, -0.2) is 0 Å². The highest BCUT2D eigenvalue weighted by molar-refractivity contribution is 5.84. The van der Waals surface area contributed by atoms with Crippen LogP contribution in [0, 0.1) is 11.8 Å². The lowest BCUT2D eigenvalue weighted by atomic mass is 9.96. The fourth-order valence-electron chi connectivity index (χ4n) is 2.30. The van der Waals surface area contributed by atoms with Crippen molar-refractivity contribution in [2.75, 3.05) is 26.8 Å². The normalized spacial score (nSPS) is 22.9. The monoisotopic (exact) mass is 257 g/mol. The molecule has 2 unspecified atom stereocenters. The first-order valence-corrected chi connectivity index (χ1v) is 6.32. The second kappa shape index (κ2) is 7.20. The molecule has 1 heterocycles. The number of nitrogens with two attached hydrogens (primary N) is 1. The summed E-state index contributed by atoms with van der Waals surface area (Å²) in [4.78, 5) is 13.9. The number of hydrogen-bond acceptors (Lipinski definition) is 4. The van der Waals surface area contributed by atoms with Crippen molar-refractivity contribution in [3.05, 3.63) is 0 Å². The Balaban J connectivity index is 2.48. The van der Waals surface area contributed by atoms with Crippen molar-refractivity contribution in [1.82, 2.24) is 4.90 Å². The molecule has 6 nitrogen and oxygen atoms in total. The standard InChI is InChI=1S/C12H23N3O3/c1-9(8-18-2)6-11(16)15-5-3-4-10(7-15)12(13)14-17/h9-10,17H,3-8H2,1-2H3,(H2,13,14).